The van der Waals surface area contributed by atoms with Gasteiger partial charge in [-0.05, 0) is 32.0 Å². The lowest BCUT2D eigenvalue weighted by Crippen LogP contribution is -2.65. The van der Waals surface area contributed by atoms with Crippen LogP contribution in [0, 0.1) is 0 Å². The zero-order valence-electron chi connectivity index (χ0n) is 31.1. The molecule has 10 N–H and O–H groups in total. The second kappa shape index (κ2) is 17.0. The lowest BCUT2D eigenvalue weighted by Gasteiger charge is -2.46. The average molecular weight is 815 g/mol. The molecule has 3 saturated heterocycles. The normalized spacial score (nSPS) is 35.8. The molecule has 21 nitrogen and oxygen atoms in total. The highest BCUT2D eigenvalue weighted by atomic mass is 16.8. The molecule has 3 fully saturated rings. The van der Waals surface area contributed by atoms with E-state index in [1.165, 1.54) is 59.4 Å². The second-order valence-corrected chi connectivity index (χ2v) is 13.7. The Balaban J connectivity index is 1.45. The summed E-state index contributed by atoms with van der Waals surface area (Å²) in [6, 6.07) is 5.12. The van der Waals surface area contributed by atoms with Crippen LogP contribution in [-0.2, 0) is 23.7 Å². The molecule has 1 aromatic heterocycles. The quantitative estimate of drug-likeness (QED) is 0.0980. The summed E-state index contributed by atoms with van der Waals surface area (Å²) in [6.45, 7) is 2.10. The van der Waals surface area contributed by atoms with Crippen molar-refractivity contribution >= 4 is 11.0 Å². The Bertz CT molecular complexity index is 1940. The van der Waals surface area contributed by atoms with Crippen molar-refractivity contribution in [3.05, 3.63) is 34.5 Å². The molecule has 0 unspecified atom stereocenters. The number of hydrogen-bond acceptors (Lipinski definition) is 21. The summed E-state index contributed by atoms with van der Waals surface area (Å²) in [5, 5.41) is 106. The van der Waals surface area contributed by atoms with Crippen LogP contribution in [0.3, 0.4) is 0 Å². The summed E-state index contributed by atoms with van der Waals surface area (Å²) >= 11 is 0. The molecule has 2 aromatic carbocycles. The molecule has 0 bridgehead atoms. The third kappa shape index (κ3) is 7.91. The van der Waals surface area contributed by atoms with E-state index < -0.39 is 121 Å². The Morgan fingerprint density at radius 1 is 0.649 bits per heavy atom. The van der Waals surface area contributed by atoms with E-state index in [0.717, 1.165) is 0 Å². The third-order valence-corrected chi connectivity index (χ3v) is 10.1. The highest BCUT2D eigenvalue weighted by Gasteiger charge is 2.52. The number of ether oxygens (including phenoxy) is 9. The topological polar surface area (TPSA) is 316 Å². The van der Waals surface area contributed by atoms with Crippen molar-refractivity contribution in [1.29, 1.82) is 0 Å². The van der Waals surface area contributed by atoms with Crippen LogP contribution in [-0.4, -0.2) is 171 Å². The van der Waals surface area contributed by atoms with Gasteiger partial charge in [-0.3, -0.25) is 4.79 Å². The predicted molar refractivity (Wildman–Crippen MR) is 188 cm³/mol. The predicted octanol–water partition coefficient (Wildman–Crippen LogP) is -2.22. The number of aromatic hydroxyl groups is 2. The minimum atomic E-state index is -2.03. The molecule has 4 heterocycles. The molecule has 0 aliphatic carbocycles. The largest absolute Gasteiger partial charge is 0.504 e. The number of aliphatic hydroxyl groups is 8. The van der Waals surface area contributed by atoms with Gasteiger partial charge < -0.3 is 98.1 Å². The number of rotatable bonds is 11. The summed E-state index contributed by atoms with van der Waals surface area (Å²) < 4.78 is 56.7. The zero-order valence-corrected chi connectivity index (χ0v) is 31.1. The zero-order chi connectivity index (χ0) is 41.6. The monoisotopic (exact) mass is 814 g/mol. The van der Waals surface area contributed by atoms with Gasteiger partial charge in [0.2, 0.25) is 23.2 Å². The van der Waals surface area contributed by atoms with Gasteiger partial charge in [0, 0.05) is 11.6 Å². The van der Waals surface area contributed by atoms with E-state index in [2.05, 4.69) is 0 Å². The summed E-state index contributed by atoms with van der Waals surface area (Å²) in [7, 11) is 3.77. The highest BCUT2D eigenvalue weighted by Crippen LogP contribution is 2.45. The van der Waals surface area contributed by atoms with E-state index in [9.17, 15) is 55.9 Å². The van der Waals surface area contributed by atoms with Gasteiger partial charge in [-0.2, -0.15) is 0 Å². The van der Waals surface area contributed by atoms with Crippen molar-refractivity contribution < 1.29 is 98.1 Å². The van der Waals surface area contributed by atoms with Crippen LogP contribution in [0.4, 0.5) is 0 Å². The molecule has 3 aromatic rings. The van der Waals surface area contributed by atoms with Gasteiger partial charge in [0.15, 0.2) is 47.4 Å². The number of benzene rings is 2. The highest BCUT2D eigenvalue weighted by molar-refractivity contribution is 5.91. The summed E-state index contributed by atoms with van der Waals surface area (Å²) in [5.74, 6) is -2.37. The van der Waals surface area contributed by atoms with E-state index in [0.29, 0.717) is 0 Å². The van der Waals surface area contributed by atoms with Gasteiger partial charge in [-0.25, -0.2) is 0 Å². The van der Waals surface area contributed by atoms with Gasteiger partial charge in [0.05, 0.1) is 40.1 Å². The second-order valence-electron chi connectivity index (χ2n) is 13.7. The summed E-state index contributed by atoms with van der Waals surface area (Å²) in [5.41, 5.74) is -1.21. The van der Waals surface area contributed by atoms with E-state index in [4.69, 9.17) is 47.0 Å². The molecule has 0 radical (unpaired) electrons. The van der Waals surface area contributed by atoms with E-state index in [1.807, 2.05) is 0 Å². The average Bonchev–Trinajstić information content (AvgIpc) is 3.19. The number of phenols is 2. The molecule has 3 aliphatic rings. The van der Waals surface area contributed by atoms with Crippen molar-refractivity contribution in [2.45, 2.75) is 106 Å². The van der Waals surface area contributed by atoms with Crippen molar-refractivity contribution in [2.75, 3.05) is 27.9 Å². The third-order valence-electron chi connectivity index (χ3n) is 10.1. The van der Waals surface area contributed by atoms with Crippen molar-refractivity contribution in [1.82, 2.24) is 0 Å². The number of aliphatic hydroxyl groups excluding tert-OH is 8. The first-order valence-corrected chi connectivity index (χ1v) is 17.7. The van der Waals surface area contributed by atoms with Gasteiger partial charge in [0.25, 0.3) is 0 Å². The smallest absolute Gasteiger partial charge is 0.239 e. The molecular formula is C36H46O21. The van der Waals surface area contributed by atoms with E-state index >= 15 is 0 Å². The fourth-order valence-corrected chi connectivity index (χ4v) is 6.76. The van der Waals surface area contributed by atoms with Crippen molar-refractivity contribution in [3.63, 3.8) is 0 Å². The Kier molecular flexibility index (Phi) is 12.7. The molecule has 316 valence electrons. The van der Waals surface area contributed by atoms with Crippen LogP contribution in [0.5, 0.6) is 34.5 Å². The summed E-state index contributed by atoms with van der Waals surface area (Å²) in [4.78, 5) is 14.5. The lowest BCUT2D eigenvalue weighted by atomic mass is 9.97. The first-order chi connectivity index (χ1) is 27.0. The van der Waals surface area contributed by atoms with Crippen LogP contribution in [0.2, 0.25) is 0 Å². The molecular weight excluding hydrogens is 768 g/mol. The van der Waals surface area contributed by atoms with E-state index in [1.54, 1.807) is 0 Å². The molecule has 15 atom stereocenters. The molecule has 0 spiro atoms. The number of methoxy groups -OCH3 is 3. The SMILES string of the molecule is COc1cc(-c2oc3cc(OC)c(OC)c(O)c3c(=O)c2O[C@@H]2O[C@H](CO[C@@H]3O[C@@H](C)[C@H](O)[C@@H](O)[C@H]3O)[C@H](O)[C@H](O)[C@H]2O[C@@H]2O[C@@H](C)[C@H](O)[C@@H](O)[C@H]2O)ccc1O. The van der Waals surface area contributed by atoms with Crippen LogP contribution >= 0.6 is 0 Å². The maximum absolute atomic E-state index is 14.5. The fraction of sp³-hybridized carbons (Fsp3) is 0.583. The molecule has 6 rings (SSSR count). The lowest BCUT2D eigenvalue weighted by molar-refractivity contribution is -0.360. The molecule has 57 heavy (non-hydrogen) atoms. The fourth-order valence-electron chi connectivity index (χ4n) is 6.76. The Labute approximate surface area is 323 Å². The number of hydrogen-bond donors (Lipinski definition) is 10. The van der Waals surface area contributed by atoms with Crippen LogP contribution in [0.25, 0.3) is 22.3 Å². The first-order valence-electron chi connectivity index (χ1n) is 17.7. The van der Waals surface area contributed by atoms with Gasteiger partial charge in [-0.1, -0.05) is 0 Å². The summed E-state index contributed by atoms with van der Waals surface area (Å²) in [6.07, 6.45) is -25.0. The van der Waals surface area contributed by atoms with Crippen LogP contribution in [0.1, 0.15) is 13.8 Å². The number of fused-ring (bicyclic) bond motifs is 1. The Morgan fingerprint density at radius 3 is 1.88 bits per heavy atom. The molecule has 0 saturated carbocycles. The maximum Gasteiger partial charge on any atom is 0.239 e. The van der Waals surface area contributed by atoms with Gasteiger partial charge in [-0.15, -0.1) is 0 Å². The van der Waals surface area contributed by atoms with Gasteiger partial charge >= 0.3 is 0 Å². The van der Waals surface area contributed by atoms with Crippen LogP contribution in [0.15, 0.2) is 33.5 Å². The minimum Gasteiger partial charge on any atom is -0.504 e. The molecule has 3 aliphatic heterocycles. The van der Waals surface area contributed by atoms with E-state index in [-0.39, 0.29) is 39.9 Å². The Hall–Kier alpha value is -4.07. The van der Waals surface area contributed by atoms with Crippen molar-refractivity contribution in [2.24, 2.45) is 0 Å². The Morgan fingerprint density at radius 2 is 1.26 bits per heavy atom. The number of phenolic OH excluding ortho intramolecular Hbond substituents is 2. The minimum absolute atomic E-state index is 0.0198. The standard InChI is InChI=1S/C36H46O21/c1-11-20(38)25(43)28(46)34(52-11)51-10-18-22(40)27(45)33(57-35-29(47)26(44)21(39)12(2)53-35)36(55-18)56-32-24(42)19-16(9-17(49-4)31(50-5)23(19)41)54-30(32)13-6-7-14(37)15(8-13)48-3/h6-9,11-12,18,20-22,25-29,33-41,43-47H,10H2,1-5H3/t11-,12-,18+,20-,21-,22-,25+,26+,27-,28+,29+,33+,34+,35-,36-/m0/s1. The van der Waals surface area contributed by atoms with Crippen molar-refractivity contribution in [3.8, 4) is 45.8 Å². The van der Waals surface area contributed by atoms with Gasteiger partial charge in [0.1, 0.15) is 65.9 Å². The molecule has 0 amide bonds. The first kappa shape index (κ1) is 42.5. The maximum atomic E-state index is 14.5. The molecule has 21 heteroatoms. The van der Waals surface area contributed by atoms with Crippen LogP contribution < -0.4 is 24.4 Å².